The van der Waals surface area contributed by atoms with Crippen molar-refractivity contribution in [1.82, 2.24) is 14.5 Å². The number of carbonyl (C=O) groups is 2. The van der Waals surface area contributed by atoms with Crippen LogP contribution in [0.4, 0.5) is 21.6 Å². The molecule has 0 saturated carbocycles. The molecule has 2 N–H and O–H groups in total. The lowest BCUT2D eigenvalue weighted by Gasteiger charge is -2.31. The molecule has 4 heterocycles. The second kappa shape index (κ2) is 11.8. The highest BCUT2D eigenvalue weighted by Gasteiger charge is 2.28. The van der Waals surface area contributed by atoms with Crippen LogP contribution in [0, 0.1) is 5.82 Å². The standard InChI is InChI=1S/C32H30FN5O5/c1-36-18-22(16-27(32(36)42)35-29-8-5-21(17-34-29)30(40)37-11-13-43-14-12-37)24-3-2-4-28(26(24)19-39)38-10-9-20-15-23(33)6-7-25(20)31(38)41/h2-8,15-18,39H,9-14,19H2,1H3,(H,34,35). The number of pyridine rings is 2. The Bertz CT molecular complexity index is 1770. The Kier molecular flexibility index (Phi) is 7.75. The molecule has 1 saturated heterocycles. The van der Waals surface area contributed by atoms with Crippen LogP contribution < -0.4 is 15.8 Å². The molecule has 10 nitrogen and oxygen atoms in total. The molecule has 2 amide bonds. The van der Waals surface area contributed by atoms with Crippen LogP contribution in [0.5, 0.6) is 0 Å². The van der Waals surface area contributed by atoms with Gasteiger partial charge in [-0.1, -0.05) is 12.1 Å². The number of amides is 2. The maximum atomic E-state index is 13.7. The van der Waals surface area contributed by atoms with Crippen LogP contribution in [-0.4, -0.2) is 64.2 Å². The average Bonchev–Trinajstić information content (AvgIpc) is 3.03. The molecular formula is C32H30FN5O5. The van der Waals surface area contributed by atoms with E-state index in [-0.39, 0.29) is 35.5 Å². The number of hydrogen-bond donors (Lipinski definition) is 2. The van der Waals surface area contributed by atoms with Gasteiger partial charge in [-0.3, -0.25) is 14.4 Å². The van der Waals surface area contributed by atoms with Gasteiger partial charge in [-0.2, -0.15) is 0 Å². The first-order valence-corrected chi connectivity index (χ1v) is 14.0. The van der Waals surface area contributed by atoms with Gasteiger partial charge in [-0.05, 0) is 60.0 Å². The van der Waals surface area contributed by atoms with E-state index >= 15 is 0 Å². The monoisotopic (exact) mass is 583 g/mol. The molecule has 2 aliphatic rings. The number of hydrogen-bond acceptors (Lipinski definition) is 7. The summed E-state index contributed by atoms with van der Waals surface area (Å²) in [6.07, 6.45) is 3.62. The van der Waals surface area contributed by atoms with E-state index in [9.17, 15) is 23.9 Å². The van der Waals surface area contributed by atoms with Gasteiger partial charge in [0.15, 0.2) is 0 Å². The predicted octanol–water partition coefficient (Wildman–Crippen LogP) is 3.50. The van der Waals surface area contributed by atoms with Gasteiger partial charge in [0.1, 0.15) is 17.3 Å². The summed E-state index contributed by atoms with van der Waals surface area (Å²) in [6.45, 7) is 2.04. The molecule has 0 bridgehead atoms. The highest BCUT2D eigenvalue weighted by molar-refractivity contribution is 6.09. The van der Waals surface area contributed by atoms with Gasteiger partial charge >= 0.3 is 0 Å². The second-order valence-electron chi connectivity index (χ2n) is 10.5. The molecule has 220 valence electrons. The SMILES string of the molecule is Cn1cc(-c2cccc(N3CCc4cc(F)ccc4C3=O)c2CO)cc(Nc2ccc(C(=O)N3CCOCC3)cn2)c1=O. The van der Waals surface area contributed by atoms with E-state index in [2.05, 4.69) is 10.3 Å². The number of carbonyl (C=O) groups excluding carboxylic acids is 2. The van der Waals surface area contributed by atoms with Crippen molar-refractivity contribution in [2.45, 2.75) is 13.0 Å². The zero-order valence-electron chi connectivity index (χ0n) is 23.5. The van der Waals surface area contributed by atoms with Crippen molar-refractivity contribution in [2.75, 3.05) is 43.1 Å². The Morgan fingerprint density at radius 3 is 2.60 bits per heavy atom. The molecule has 0 radical (unpaired) electrons. The van der Waals surface area contributed by atoms with E-state index in [1.165, 1.54) is 29.0 Å². The smallest absolute Gasteiger partial charge is 0.274 e. The normalized spacial score (nSPS) is 14.9. The number of halogens is 1. The van der Waals surface area contributed by atoms with Gasteiger partial charge in [-0.15, -0.1) is 0 Å². The molecule has 2 aliphatic heterocycles. The minimum Gasteiger partial charge on any atom is -0.392 e. The molecule has 43 heavy (non-hydrogen) atoms. The Morgan fingerprint density at radius 1 is 1.05 bits per heavy atom. The summed E-state index contributed by atoms with van der Waals surface area (Å²) in [7, 11) is 1.63. The lowest BCUT2D eigenvalue weighted by molar-refractivity contribution is 0.0302. The van der Waals surface area contributed by atoms with Crippen LogP contribution in [0.3, 0.4) is 0 Å². The second-order valence-corrected chi connectivity index (χ2v) is 10.5. The van der Waals surface area contributed by atoms with Crippen LogP contribution in [0.25, 0.3) is 11.1 Å². The first-order chi connectivity index (χ1) is 20.8. The minimum absolute atomic E-state index is 0.125. The molecule has 1 fully saturated rings. The van der Waals surface area contributed by atoms with E-state index in [0.29, 0.717) is 84.2 Å². The quantitative estimate of drug-likeness (QED) is 0.357. The number of rotatable bonds is 6. The van der Waals surface area contributed by atoms with Crippen molar-refractivity contribution in [3.63, 3.8) is 0 Å². The van der Waals surface area contributed by atoms with Crippen LogP contribution in [0.15, 0.2) is 71.8 Å². The lowest BCUT2D eigenvalue weighted by Crippen LogP contribution is -2.40. The van der Waals surface area contributed by atoms with Gasteiger partial charge < -0.3 is 29.5 Å². The summed E-state index contributed by atoms with van der Waals surface area (Å²) in [5, 5.41) is 13.5. The third-order valence-electron chi connectivity index (χ3n) is 7.81. The van der Waals surface area contributed by atoms with E-state index in [1.807, 2.05) is 6.07 Å². The zero-order chi connectivity index (χ0) is 30.1. The number of fused-ring (bicyclic) bond motifs is 1. The number of aliphatic hydroxyl groups is 1. The number of nitrogens with zero attached hydrogens (tertiary/aromatic N) is 4. The summed E-state index contributed by atoms with van der Waals surface area (Å²) in [5.74, 6) is -0.389. The first kappa shape index (κ1) is 28.3. The van der Waals surface area contributed by atoms with Crippen LogP contribution >= 0.6 is 0 Å². The largest absolute Gasteiger partial charge is 0.392 e. The third kappa shape index (κ3) is 5.52. The Labute approximate surface area is 247 Å². The number of ether oxygens (including phenoxy) is 1. The van der Waals surface area contributed by atoms with E-state index < -0.39 is 0 Å². The fourth-order valence-electron chi connectivity index (χ4n) is 5.58. The molecule has 2 aromatic carbocycles. The van der Waals surface area contributed by atoms with Crippen LogP contribution in [0.2, 0.25) is 0 Å². The summed E-state index contributed by atoms with van der Waals surface area (Å²) >= 11 is 0. The molecule has 4 aromatic rings. The Balaban J connectivity index is 1.29. The Morgan fingerprint density at radius 2 is 1.86 bits per heavy atom. The Hall–Kier alpha value is -4.87. The molecule has 2 aromatic heterocycles. The number of benzene rings is 2. The zero-order valence-corrected chi connectivity index (χ0v) is 23.5. The molecule has 11 heteroatoms. The van der Waals surface area contributed by atoms with Crippen molar-refractivity contribution in [2.24, 2.45) is 7.05 Å². The van der Waals surface area contributed by atoms with Gasteiger partial charge in [0.2, 0.25) is 0 Å². The van der Waals surface area contributed by atoms with Crippen LogP contribution in [0.1, 0.15) is 31.8 Å². The predicted molar refractivity (Wildman–Crippen MR) is 159 cm³/mol. The number of aryl methyl sites for hydroxylation is 1. The number of anilines is 3. The van der Waals surface area contributed by atoms with Crippen LogP contribution in [-0.2, 0) is 24.8 Å². The topological polar surface area (TPSA) is 117 Å². The molecular weight excluding hydrogens is 553 g/mol. The number of nitrogens with one attached hydrogen (secondary N) is 1. The fourth-order valence-corrected chi connectivity index (χ4v) is 5.58. The number of aromatic nitrogens is 2. The van der Waals surface area contributed by atoms with Gasteiger partial charge in [0, 0.05) is 55.8 Å². The van der Waals surface area contributed by atoms with E-state index in [4.69, 9.17) is 4.74 Å². The maximum Gasteiger partial charge on any atom is 0.274 e. The van der Waals surface area contributed by atoms with Crippen molar-refractivity contribution >= 4 is 29.0 Å². The lowest BCUT2D eigenvalue weighted by atomic mass is 9.95. The summed E-state index contributed by atoms with van der Waals surface area (Å²) < 4.78 is 20.5. The van der Waals surface area contributed by atoms with Crippen molar-refractivity contribution in [3.05, 3.63) is 105 Å². The molecule has 6 rings (SSSR count). The summed E-state index contributed by atoms with van der Waals surface area (Å²) in [5.41, 5.74) is 3.84. The number of aliphatic hydroxyl groups excluding tert-OH is 1. The fraction of sp³-hybridized carbons (Fsp3) is 0.250. The van der Waals surface area contributed by atoms with Crippen molar-refractivity contribution in [1.29, 1.82) is 0 Å². The molecule has 0 atom stereocenters. The molecule has 0 unspecified atom stereocenters. The number of morpholine rings is 1. The summed E-state index contributed by atoms with van der Waals surface area (Å²) in [6, 6.07) is 14.5. The molecule has 0 spiro atoms. The van der Waals surface area contributed by atoms with Gasteiger partial charge in [0.05, 0.1) is 31.1 Å². The van der Waals surface area contributed by atoms with Gasteiger partial charge in [-0.25, -0.2) is 9.37 Å². The molecule has 0 aliphatic carbocycles. The van der Waals surface area contributed by atoms with E-state index in [1.54, 1.807) is 53.4 Å². The maximum absolute atomic E-state index is 13.7. The highest BCUT2D eigenvalue weighted by atomic mass is 19.1. The highest BCUT2D eigenvalue weighted by Crippen LogP contribution is 2.35. The third-order valence-corrected chi connectivity index (χ3v) is 7.81. The minimum atomic E-state index is -0.384. The van der Waals surface area contributed by atoms with Gasteiger partial charge in [0.25, 0.3) is 17.4 Å². The summed E-state index contributed by atoms with van der Waals surface area (Å²) in [4.78, 5) is 46.9. The van der Waals surface area contributed by atoms with Crippen molar-refractivity contribution in [3.8, 4) is 11.1 Å². The van der Waals surface area contributed by atoms with Crippen molar-refractivity contribution < 1.29 is 23.8 Å². The average molecular weight is 584 g/mol. The van der Waals surface area contributed by atoms with E-state index in [0.717, 1.165) is 0 Å². The first-order valence-electron chi connectivity index (χ1n) is 14.0.